The Morgan fingerprint density at radius 3 is 2.17 bits per heavy atom. The molecule has 3 heteroatoms. The second kappa shape index (κ2) is 5.29. The average molecular weight is 302 g/mol. The van der Waals surface area contributed by atoms with Gasteiger partial charge in [0, 0.05) is 0 Å². The molecule has 0 aromatic heterocycles. The maximum absolute atomic E-state index is 11.5. The molecule has 0 atom stereocenters. The summed E-state index contributed by atoms with van der Waals surface area (Å²) in [6.45, 7) is 0. The Bertz CT molecular complexity index is 942. The SMILES string of the molecule is COC1=CC(=O)O/C1=C\c1c2ccccc2cc2ccccc12. The third-order valence-electron chi connectivity index (χ3n) is 4.01. The lowest BCUT2D eigenvalue weighted by atomic mass is 9.96. The molecule has 3 aromatic rings. The summed E-state index contributed by atoms with van der Waals surface area (Å²) in [6, 6.07) is 18.5. The van der Waals surface area contributed by atoms with Crippen molar-refractivity contribution in [3.05, 3.63) is 77.8 Å². The fourth-order valence-corrected chi connectivity index (χ4v) is 2.96. The quantitative estimate of drug-likeness (QED) is 0.519. The highest BCUT2D eigenvalue weighted by Crippen LogP contribution is 2.32. The molecule has 3 nitrogen and oxygen atoms in total. The first-order valence-electron chi connectivity index (χ1n) is 7.36. The highest BCUT2D eigenvalue weighted by atomic mass is 16.6. The monoisotopic (exact) mass is 302 g/mol. The first-order valence-corrected chi connectivity index (χ1v) is 7.36. The van der Waals surface area contributed by atoms with Crippen LogP contribution in [0.25, 0.3) is 27.6 Å². The van der Waals surface area contributed by atoms with Gasteiger partial charge < -0.3 is 9.47 Å². The van der Waals surface area contributed by atoms with Gasteiger partial charge in [-0.1, -0.05) is 48.5 Å². The standard InChI is InChI=1S/C20H14O3/c1-22-18-12-20(21)23-19(18)11-17-15-8-4-2-6-13(15)10-14-7-3-5-9-16(14)17/h2-12H,1H3/b19-11-. The molecule has 4 rings (SSSR count). The fourth-order valence-electron chi connectivity index (χ4n) is 2.96. The minimum atomic E-state index is -0.405. The van der Waals surface area contributed by atoms with Crippen molar-refractivity contribution in [3.63, 3.8) is 0 Å². The maximum Gasteiger partial charge on any atom is 0.340 e. The number of rotatable bonds is 2. The second-order valence-electron chi connectivity index (χ2n) is 5.37. The van der Waals surface area contributed by atoms with Crippen LogP contribution < -0.4 is 0 Å². The number of fused-ring (bicyclic) bond motifs is 2. The smallest absolute Gasteiger partial charge is 0.340 e. The molecule has 3 aromatic carbocycles. The Kier molecular flexibility index (Phi) is 3.12. The molecule has 0 saturated carbocycles. The van der Waals surface area contributed by atoms with Crippen LogP contribution in [-0.4, -0.2) is 13.1 Å². The Balaban J connectivity index is 2.04. The van der Waals surface area contributed by atoms with Crippen molar-refractivity contribution in [1.29, 1.82) is 0 Å². The lowest BCUT2D eigenvalue weighted by Gasteiger charge is -2.10. The van der Waals surface area contributed by atoms with Gasteiger partial charge in [0.05, 0.1) is 13.2 Å². The topological polar surface area (TPSA) is 35.5 Å². The zero-order chi connectivity index (χ0) is 15.8. The summed E-state index contributed by atoms with van der Waals surface area (Å²) in [7, 11) is 1.53. The van der Waals surface area contributed by atoms with Gasteiger partial charge in [0.15, 0.2) is 11.5 Å². The third-order valence-corrected chi connectivity index (χ3v) is 4.01. The zero-order valence-electron chi connectivity index (χ0n) is 12.6. The number of carbonyl (C=O) groups excluding carboxylic acids is 1. The number of hydrogen-bond donors (Lipinski definition) is 0. The van der Waals surface area contributed by atoms with Gasteiger partial charge in [-0.25, -0.2) is 4.79 Å². The maximum atomic E-state index is 11.5. The third kappa shape index (κ3) is 2.27. The summed E-state index contributed by atoms with van der Waals surface area (Å²) in [5.41, 5.74) is 1.02. The van der Waals surface area contributed by atoms with Crippen molar-refractivity contribution in [2.75, 3.05) is 7.11 Å². The highest BCUT2D eigenvalue weighted by Gasteiger charge is 2.21. The number of benzene rings is 3. The van der Waals surface area contributed by atoms with Crippen LogP contribution in [0.4, 0.5) is 0 Å². The summed E-state index contributed by atoms with van der Waals surface area (Å²) in [5, 5.41) is 4.50. The van der Waals surface area contributed by atoms with Crippen molar-refractivity contribution in [3.8, 4) is 0 Å². The molecule has 1 aliphatic heterocycles. The van der Waals surface area contributed by atoms with Crippen molar-refractivity contribution in [2.45, 2.75) is 0 Å². The van der Waals surface area contributed by atoms with Gasteiger partial charge in [-0.2, -0.15) is 0 Å². The zero-order valence-corrected chi connectivity index (χ0v) is 12.6. The largest absolute Gasteiger partial charge is 0.493 e. The number of hydrogen-bond acceptors (Lipinski definition) is 3. The van der Waals surface area contributed by atoms with E-state index < -0.39 is 5.97 Å². The summed E-state index contributed by atoms with van der Waals surface area (Å²) >= 11 is 0. The predicted octanol–water partition coefficient (Wildman–Crippen LogP) is 4.42. The van der Waals surface area contributed by atoms with E-state index in [1.807, 2.05) is 30.3 Å². The van der Waals surface area contributed by atoms with Crippen molar-refractivity contribution >= 4 is 33.6 Å². The van der Waals surface area contributed by atoms with E-state index in [1.54, 1.807) is 0 Å². The Hall–Kier alpha value is -3.07. The summed E-state index contributed by atoms with van der Waals surface area (Å²) in [4.78, 5) is 11.5. The van der Waals surface area contributed by atoms with Crippen LogP contribution in [-0.2, 0) is 14.3 Å². The Morgan fingerprint density at radius 2 is 1.57 bits per heavy atom. The van der Waals surface area contributed by atoms with Gasteiger partial charge in [-0.15, -0.1) is 0 Å². The number of cyclic esters (lactones) is 1. The molecule has 0 bridgehead atoms. The van der Waals surface area contributed by atoms with Gasteiger partial charge in [-0.3, -0.25) is 0 Å². The lowest BCUT2D eigenvalue weighted by molar-refractivity contribution is -0.132. The van der Waals surface area contributed by atoms with E-state index in [0.29, 0.717) is 11.5 Å². The molecule has 23 heavy (non-hydrogen) atoms. The summed E-state index contributed by atoms with van der Waals surface area (Å²) < 4.78 is 10.5. The number of methoxy groups -OCH3 is 1. The molecule has 0 amide bonds. The predicted molar refractivity (Wildman–Crippen MR) is 90.6 cm³/mol. The molecule has 0 unspecified atom stereocenters. The van der Waals surface area contributed by atoms with Crippen LogP contribution in [0.5, 0.6) is 0 Å². The number of ether oxygens (including phenoxy) is 2. The van der Waals surface area contributed by atoms with Crippen molar-refractivity contribution in [1.82, 2.24) is 0 Å². The highest BCUT2D eigenvalue weighted by molar-refractivity contribution is 6.07. The number of carbonyl (C=O) groups is 1. The molecule has 0 radical (unpaired) electrons. The molecule has 0 spiro atoms. The van der Waals surface area contributed by atoms with E-state index in [4.69, 9.17) is 9.47 Å². The Morgan fingerprint density at radius 1 is 0.957 bits per heavy atom. The molecule has 1 aliphatic rings. The molecule has 0 saturated heterocycles. The van der Waals surface area contributed by atoms with Crippen LogP contribution in [0.2, 0.25) is 0 Å². The molecule has 1 heterocycles. The van der Waals surface area contributed by atoms with E-state index in [2.05, 4.69) is 30.3 Å². The van der Waals surface area contributed by atoms with Crippen LogP contribution in [0.15, 0.2) is 72.2 Å². The first kappa shape index (κ1) is 13.6. The van der Waals surface area contributed by atoms with Gasteiger partial charge in [0.2, 0.25) is 0 Å². The van der Waals surface area contributed by atoms with Gasteiger partial charge in [0.1, 0.15) is 0 Å². The van der Waals surface area contributed by atoms with Crippen LogP contribution in [0.1, 0.15) is 5.56 Å². The molecule has 0 fully saturated rings. The fraction of sp³-hybridized carbons (Fsp3) is 0.0500. The van der Waals surface area contributed by atoms with E-state index in [9.17, 15) is 4.79 Å². The molecule has 112 valence electrons. The minimum absolute atomic E-state index is 0.405. The van der Waals surface area contributed by atoms with Gasteiger partial charge >= 0.3 is 5.97 Å². The van der Waals surface area contributed by atoms with Crippen LogP contribution in [0.3, 0.4) is 0 Å². The average Bonchev–Trinajstić information content (AvgIpc) is 2.94. The molecular weight excluding hydrogens is 288 g/mol. The first-order chi connectivity index (χ1) is 11.3. The number of esters is 1. The van der Waals surface area contributed by atoms with E-state index >= 15 is 0 Å². The molecule has 0 N–H and O–H groups in total. The van der Waals surface area contributed by atoms with E-state index in [-0.39, 0.29) is 0 Å². The van der Waals surface area contributed by atoms with Gasteiger partial charge in [0.25, 0.3) is 0 Å². The van der Waals surface area contributed by atoms with Crippen molar-refractivity contribution < 1.29 is 14.3 Å². The normalized spacial score (nSPS) is 16.0. The second-order valence-corrected chi connectivity index (χ2v) is 5.37. The van der Waals surface area contributed by atoms with Crippen molar-refractivity contribution in [2.24, 2.45) is 0 Å². The van der Waals surface area contributed by atoms with E-state index in [0.717, 1.165) is 27.1 Å². The van der Waals surface area contributed by atoms with Crippen LogP contribution >= 0.6 is 0 Å². The summed E-state index contributed by atoms with van der Waals surface area (Å²) in [5.74, 6) is 0.490. The lowest BCUT2D eigenvalue weighted by Crippen LogP contribution is -1.93. The minimum Gasteiger partial charge on any atom is -0.493 e. The van der Waals surface area contributed by atoms with E-state index in [1.165, 1.54) is 13.2 Å². The van der Waals surface area contributed by atoms with Gasteiger partial charge in [-0.05, 0) is 39.3 Å². The summed E-state index contributed by atoms with van der Waals surface area (Å²) in [6.07, 6.45) is 3.24. The molecular formula is C20H14O3. The molecule has 0 aliphatic carbocycles. The van der Waals surface area contributed by atoms with Crippen LogP contribution in [0, 0.1) is 0 Å². The Labute approximate surface area is 133 Å².